The van der Waals surface area contributed by atoms with Crippen molar-refractivity contribution in [2.75, 3.05) is 25.0 Å². The van der Waals surface area contributed by atoms with Crippen LogP contribution in [0.2, 0.25) is 0 Å². The Morgan fingerprint density at radius 1 is 1.21 bits per heavy atom. The lowest BCUT2D eigenvalue weighted by Gasteiger charge is -2.31. The van der Waals surface area contributed by atoms with Crippen molar-refractivity contribution < 1.29 is 0 Å². The minimum absolute atomic E-state index is 0.783. The Labute approximate surface area is 119 Å². The summed E-state index contributed by atoms with van der Waals surface area (Å²) < 4.78 is 0. The maximum Gasteiger partial charge on any atom is 0.205 e. The molecule has 4 nitrogen and oxygen atoms in total. The summed E-state index contributed by atoms with van der Waals surface area (Å²) >= 11 is 1.65. The van der Waals surface area contributed by atoms with Crippen LogP contribution in [0.3, 0.4) is 0 Å². The summed E-state index contributed by atoms with van der Waals surface area (Å²) in [5.74, 6) is 0.783. The molecule has 1 atom stereocenters. The van der Waals surface area contributed by atoms with E-state index in [0.717, 1.165) is 28.6 Å². The Morgan fingerprint density at radius 2 is 2.05 bits per heavy atom. The molecule has 1 N–H and O–H groups in total. The molecule has 0 spiro atoms. The molecule has 2 heterocycles. The van der Waals surface area contributed by atoms with E-state index >= 15 is 0 Å². The van der Waals surface area contributed by atoms with Crippen molar-refractivity contribution in [3.8, 4) is 0 Å². The van der Waals surface area contributed by atoms with Gasteiger partial charge in [-0.15, -0.1) is 10.2 Å². The molecule has 1 saturated heterocycles. The van der Waals surface area contributed by atoms with Crippen LogP contribution in [0.15, 0.2) is 0 Å². The lowest BCUT2D eigenvalue weighted by molar-refractivity contribution is 0.186. The van der Waals surface area contributed by atoms with E-state index in [1.165, 1.54) is 51.6 Å². The molecule has 3 rings (SSSR count). The van der Waals surface area contributed by atoms with Crippen LogP contribution in [0.5, 0.6) is 0 Å². The van der Waals surface area contributed by atoms with E-state index in [9.17, 15) is 0 Å². The maximum absolute atomic E-state index is 4.13. The van der Waals surface area contributed by atoms with Gasteiger partial charge in [-0.2, -0.15) is 0 Å². The van der Waals surface area contributed by atoms with Crippen LogP contribution in [0.1, 0.15) is 43.5 Å². The predicted molar refractivity (Wildman–Crippen MR) is 79.7 cm³/mol. The highest BCUT2D eigenvalue weighted by Gasteiger charge is 2.28. The molecular weight excluding hydrogens is 256 g/mol. The standard InChI is InChI=1S/C14H24N4S/c1-11-16-17-14(19-11)15-9-12-7-8-18(10-12)13-5-3-2-4-6-13/h12-13H,2-10H2,1H3,(H,15,17). The van der Waals surface area contributed by atoms with E-state index in [1.807, 2.05) is 6.92 Å². The zero-order chi connectivity index (χ0) is 13.1. The summed E-state index contributed by atoms with van der Waals surface area (Å²) in [6.45, 7) is 5.63. The lowest BCUT2D eigenvalue weighted by Crippen LogP contribution is -2.35. The van der Waals surface area contributed by atoms with Gasteiger partial charge in [0, 0.05) is 19.1 Å². The Kier molecular flexibility index (Phi) is 4.33. The second kappa shape index (κ2) is 6.18. The van der Waals surface area contributed by atoms with Gasteiger partial charge >= 0.3 is 0 Å². The molecule has 106 valence electrons. The predicted octanol–water partition coefficient (Wildman–Crippen LogP) is 2.91. The van der Waals surface area contributed by atoms with Gasteiger partial charge in [-0.3, -0.25) is 0 Å². The fourth-order valence-corrected chi connectivity index (χ4v) is 4.01. The molecule has 1 aromatic rings. The monoisotopic (exact) mass is 280 g/mol. The van der Waals surface area contributed by atoms with Crippen molar-refractivity contribution in [3.05, 3.63) is 5.01 Å². The van der Waals surface area contributed by atoms with Gasteiger partial charge in [-0.05, 0) is 38.6 Å². The molecule has 1 aliphatic heterocycles. The molecule has 1 saturated carbocycles. The fourth-order valence-electron chi connectivity index (χ4n) is 3.41. The quantitative estimate of drug-likeness (QED) is 0.920. The van der Waals surface area contributed by atoms with Gasteiger partial charge in [0.25, 0.3) is 0 Å². The molecule has 0 radical (unpaired) electrons. The first-order chi connectivity index (χ1) is 9.31. The summed E-state index contributed by atoms with van der Waals surface area (Å²) in [7, 11) is 0. The molecule has 1 unspecified atom stereocenters. The number of aromatic nitrogens is 2. The van der Waals surface area contributed by atoms with Gasteiger partial charge in [-0.1, -0.05) is 30.6 Å². The van der Waals surface area contributed by atoms with E-state index in [0.29, 0.717) is 0 Å². The highest BCUT2D eigenvalue weighted by Crippen LogP contribution is 2.28. The van der Waals surface area contributed by atoms with Crippen LogP contribution in [-0.4, -0.2) is 40.8 Å². The van der Waals surface area contributed by atoms with E-state index in [2.05, 4.69) is 20.4 Å². The van der Waals surface area contributed by atoms with E-state index in [-0.39, 0.29) is 0 Å². The number of anilines is 1. The zero-order valence-corrected chi connectivity index (χ0v) is 12.6. The van der Waals surface area contributed by atoms with E-state index in [4.69, 9.17) is 0 Å². The molecule has 5 heteroatoms. The summed E-state index contributed by atoms with van der Waals surface area (Å²) in [5, 5.41) is 13.6. The van der Waals surface area contributed by atoms with Crippen molar-refractivity contribution in [3.63, 3.8) is 0 Å². The van der Waals surface area contributed by atoms with Crippen LogP contribution in [-0.2, 0) is 0 Å². The van der Waals surface area contributed by atoms with Gasteiger partial charge in [0.2, 0.25) is 5.13 Å². The van der Waals surface area contributed by atoms with Crippen molar-refractivity contribution in [1.29, 1.82) is 0 Å². The first-order valence-corrected chi connectivity index (χ1v) is 8.41. The van der Waals surface area contributed by atoms with Crippen LogP contribution in [0, 0.1) is 12.8 Å². The first kappa shape index (κ1) is 13.3. The third-order valence-electron chi connectivity index (χ3n) is 4.48. The molecule has 1 aliphatic carbocycles. The van der Waals surface area contributed by atoms with Crippen molar-refractivity contribution in [2.45, 2.75) is 51.5 Å². The second-order valence-corrected chi connectivity index (χ2v) is 7.13. The molecular formula is C14H24N4S. The molecule has 2 aliphatic rings. The van der Waals surface area contributed by atoms with Crippen LogP contribution >= 0.6 is 11.3 Å². The van der Waals surface area contributed by atoms with Gasteiger partial charge < -0.3 is 10.2 Å². The number of likely N-dealkylation sites (tertiary alicyclic amines) is 1. The van der Waals surface area contributed by atoms with Crippen molar-refractivity contribution >= 4 is 16.5 Å². The highest BCUT2D eigenvalue weighted by atomic mass is 32.1. The average Bonchev–Trinajstić information content (AvgIpc) is 3.06. The fraction of sp³-hybridized carbons (Fsp3) is 0.857. The topological polar surface area (TPSA) is 41.1 Å². The Balaban J connectivity index is 1.43. The SMILES string of the molecule is Cc1nnc(NCC2CCN(C3CCCCC3)C2)s1. The van der Waals surface area contributed by atoms with Gasteiger partial charge in [-0.25, -0.2) is 0 Å². The zero-order valence-electron chi connectivity index (χ0n) is 11.8. The number of hydrogen-bond donors (Lipinski definition) is 1. The Morgan fingerprint density at radius 3 is 2.79 bits per heavy atom. The third-order valence-corrected chi connectivity index (χ3v) is 5.27. The van der Waals surface area contributed by atoms with Crippen molar-refractivity contribution in [1.82, 2.24) is 15.1 Å². The van der Waals surface area contributed by atoms with Crippen molar-refractivity contribution in [2.24, 2.45) is 5.92 Å². The smallest absolute Gasteiger partial charge is 0.205 e. The van der Waals surface area contributed by atoms with Gasteiger partial charge in [0.05, 0.1) is 0 Å². The molecule has 0 aromatic carbocycles. The molecule has 2 fully saturated rings. The summed E-state index contributed by atoms with van der Waals surface area (Å²) in [6.07, 6.45) is 8.51. The minimum atomic E-state index is 0.783. The molecule has 1 aromatic heterocycles. The Bertz CT molecular complexity index is 400. The summed E-state index contributed by atoms with van der Waals surface area (Å²) in [4.78, 5) is 2.73. The van der Waals surface area contributed by atoms with Crippen LogP contribution < -0.4 is 5.32 Å². The first-order valence-electron chi connectivity index (χ1n) is 7.59. The maximum atomic E-state index is 4.13. The number of nitrogens with one attached hydrogen (secondary N) is 1. The summed E-state index contributed by atoms with van der Waals surface area (Å²) in [5.41, 5.74) is 0. The number of rotatable bonds is 4. The Hall–Kier alpha value is -0.680. The average molecular weight is 280 g/mol. The van der Waals surface area contributed by atoms with E-state index in [1.54, 1.807) is 11.3 Å². The summed E-state index contributed by atoms with van der Waals surface area (Å²) in [6, 6.07) is 0.877. The number of aryl methyl sites for hydroxylation is 1. The second-order valence-electron chi connectivity index (χ2n) is 5.95. The highest BCUT2D eigenvalue weighted by molar-refractivity contribution is 7.15. The van der Waals surface area contributed by atoms with Gasteiger partial charge in [0.15, 0.2) is 0 Å². The minimum Gasteiger partial charge on any atom is -0.360 e. The third kappa shape index (κ3) is 3.45. The van der Waals surface area contributed by atoms with Crippen LogP contribution in [0.25, 0.3) is 0 Å². The molecule has 19 heavy (non-hydrogen) atoms. The van der Waals surface area contributed by atoms with Crippen LogP contribution in [0.4, 0.5) is 5.13 Å². The van der Waals surface area contributed by atoms with Gasteiger partial charge in [0.1, 0.15) is 5.01 Å². The number of hydrogen-bond acceptors (Lipinski definition) is 5. The normalized spacial score (nSPS) is 25.8. The molecule has 0 amide bonds. The van der Waals surface area contributed by atoms with E-state index < -0.39 is 0 Å². The number of nitrogens with zero attached hydrogens (tertiary/aromatic N) is 3. The largest absolute Gasteiger partial charge is 0.360 e. The molecule has 0 bridgehead atoms. The lowest BCUT2D eigenvalue weighted by atomic mass is 9.94.